The van der Waals surface area contributed by atoms with E-state index in [2.05, 4.69) is 10.4 Å². The molecule has 7 nitrogen and oxygen atoms in total. The van der Waals surface area contributed by atoms with Crippen molar-refractivity contribution >= 4 is 11.6 Å². The minimum atomic E-state index is -0.474. The van der Waals surface area contributed by atoms with E-state index in [1.165, 1.54) is 4.68 Å². The Labute approximate surface area is 128 Å². The van der Waals surface area contributed by atoms with Gasteiger partial charge in [-0.1, -0.05) is 30.3 Å². The SMILES string of the molecule is Cc1nn(CC(=O)N[C@@H](C)c2ccccc2)c(C)c1[N+](=O)[O-]. The molecule has 1 amide bonds. The van der Waals surface area contributed by atoms with Crippen LogP contribution in [0.25, 0.3) is 0 Å². The van der Waals surface area contributed by atoms with Crippen molar-refractivity contribution in [3.05, 3.63) is 57.4 Å². The Morgan fingerprint density at radius 3 is 2.55 bits per heavy atom. The van der Waals surface area contributed by atoms with Crippen LogP contribution in [0, 0.1) is 24.0 Å². The van der Waals surface area contributed by atoms with E-state index >= 15 is 0 Å². The average molecular weight is 302 g/mol. The molecule has 2 rings (SSSR count). The Morgan fingerprint density at radius 2 is 2.00 bits per heavy atom. The summed E-state index contributed by atoms with van der Waals surface area (Å²) >= 11 is 0. The van der Waals surface area contributed by atoms with Crippen LogP contribution in [0.5, 0.6) is 0 Å². The van der Waals surface area contributed by atoms with Gasteiger partial charge in [-0.05, 0) is 26.3 Å². The minimum absolute atomic E-state index is 0.0380. The van der Waals surface area contributed by atoms with Crippen LogP contribution in [0.3, 0.4) is 0 Å². The summed E-state index contributed by atoms with van der Waals surface area (Å²) in [7, 11) is 0. The lowest BCUT2D eigenvalue weighted by Gasteiger charge is -2.14. The molecule has 0 fully saturated rings. The number of nitrogens with zero attached hydrogens (tertiary/aromatic N) is 3. The molecule has 1 atom stereocenters. The van der Waals surface area contributed by atoms with Crippen LogP contribution in [0.15, 0.2) is 30.3 Å². The molecule has 0 aliphatic carbocycles. The van der Waals surface area contributed by atoms with Crippen molar-refractivity contribution in [2.75, 3.05) is 0 Å². The highest BCUT2D eigenvalue weighted by molar-refractivity contribution is 5.76. The molecule has 0 aliphatic heterocycles. The zero-order chi connectivity index (χ0) is 16.3. The normalized spacial score (nSPS) is 12.0. The van der Waals surface area contributed by atoms with Gasteiger partial charge in [-0.25, -0.2) is 0 Å². The van der Waals surface area contributed by atoms with Gasteiger partial charge in [0, 0.05) is 0 Å². The molecule has 0 bridgehead atoms. The van der Waals surface area contributed by atoms with E-state index in [1.54, 1.807) is 13.8 Å². The number of hydrogen-bond donors (Lipinski definition) is 1. The van der Waals surface area contributed by atoms with E-state index in [0.29, 0.717) is 11.4 Å². The first kappa shape index (κ1) is 15.7. The van der Waals surface area contributed by atoms with Gasteiger partial charge in [0.25, 0.3) is 0 Å². The Kier molecular flexibility index (Phi) is 4.55. The molecule has 1 aromatic carbocycles. The van der Waals surface area contributed by atoms with E-state index in [4.69, 9.17) is 0 Å². The fraction of sp³-hybridized carbons (Fsp3) is 0.333. The number of nitro groups is 1. The van der Waals surface area contributed by atoms with Gasteiger partial charge in [0.2, 0.25) is 5.91 Å². The standard InChI is InChI=1S/C15H18N4O3/c1-10(13-7-5-4-6-8-13)16-14(20)9-18-12(3)15(19(21)22)11(2)17-18/h4-8,10H,9H2,1-3H3,(H,16,20)/t10-/m0/s1. The number of benzene rings is 1. The van der Waals surface area contributed by atoms with Crippen LogP contribution < -0.4 is 5.32 Å². The van der Waals surface area contributed by atoms with Crippen molar-refractivity contribution in [2.45, 2.75) is 33.4 Å². The molecule has 0 aliphatic rings. The monoisotopic (exact) mass is 302 g/mol. The van der Waals surface area contributed by atoms with E-state index < -0.39 is 4.92 Å². The molecule has 1 aromatic heterocycles. The summed E-state index contributed by atoms with van der Waals surface area (Å²) in [5, 5.41) is 17.9. The second kappa shape index (κ2) is 6.38. The molecular formula is C15H18N4O3. The molecule has 1 N–H and O–H groups in total. The smallest absolute Gasteiger partial charge is 0.312 e. The van der Waals surface area contributed by atoms with Crippen molar-refractivity contribution in [3.8, 4) is 0 Å². The van der Waals surface area contributed by atoms with Gasteiger partial charge in [0.05, 0.1) is 11.0 Å². The van der Waals surface area contributed by atoms with Crippen LogP contribution in [0.2, 0.25) is 0 Å². The Balaban J connectivity index is 2.07. The Bertz CT molecular complexity index is 694. The van der Waals surface area contributed by atoms with E-state index in [1.807, 2.05) is 37.3 Å². The van der Waals surface area contributed by atoms with Gasteiger partial charge >= 0.3 is 5.69 Å². The summed E-state index contributed by atoms with van der Waals surface area (Å²) in [5.74, 6) is -0.239. The average Bonchev–Trinajstić information content (AvgIpc) is 2.74. The third kappa shape index (κ3) is 3.30. The minimum Gasteiger partial charge on any atom is -0.348 e. The first-order chi connectivity index (χ1) is 10.4. The zero-order valence-corrected chi connectivity index (χ0v) is 12.7. The molecule has 0 unspecified atom stereocenters. The van der Waals surface area contributed by atoms with Crippen LogP contribution in [0.1, 0.15) is 29.9 Å². The summed E-state index contributed by atoms with van der Waals surface area (Å²) in [6.45, 7) is 4.99. The summed E-state index contributed by atoms with van der Waals surface area (Å²) in [6.07, 6.45) is 0. The molecule has 2 aromatic rings. The number of aromatic nitrogens is 2. The molecule has 0 spiro atoms. The first-order valence-electron chi connectivity index (χ1n) is 6.93. The molecular weight excluding hydrogens is 284 g/mol. The fourth-order valence-corrected chi connectivity index (χ4v) is 2.35. The highest BCUT2D eigenvalue weighted by Gasteiger charge is 2.23. The quantitative estimate of drug-likeness (QED) is 0.677. The predicted molar refractivity (Wildman–Crippen MR) is 81.4 cm³/mol. The number of carbonyl (C=O) groups is 1. The van der Waals surface area contributed by atoms with E-state index in [-0.39, 0.29) is 24.2 Å². The number of aryl methyl sites for hydroxylation is 1. The molecule has 22 heavy (non-hydrogen) atoms. The third-order valence-corrected chi connectivity index (χ3v) is 3.50. The van der Waals surface area contributed by atoms with Gasteiger partial charge in [-0.2, -0.15) is 5.10 Å². The van der Waals surface area contributed by atoms with Gasteiger partial charge in [0.15, 0.2) is 0 Å². The first-order valence-corrected chi connectivity index (χ1v) is 6.93. The molecule has 116 valence electrons. The van der Waals surface area contributed by atoms with Crippen molar-refractivity contribution in [1.82, 2.24) is 15.1 Å². The van der Waals surface area contributed by atoms with Gasteiger partial charge in [-0.15, -0.1) is 0 Å². The zero-order valence-electron chi connectivity index (χ0n) is 12.7. The summed E-state index contributed by atoms with van der Waals surface area (Å²) in [5.41, 5.74) is 1.65. The third-order valence-electron chi connectivity index (χ3n) is 3.50. The highest BCUT2D eigenvalue weighted by atomic mass is 16.6. The number of hydrogen-bond acceptors (Lipinski definition) is 4. The Morgan fingerprint density at radius 1 is 1.36 bits per heavy atom. The van der Waals surface area contributed by atoms with Crippen molar-refractivity contribution in [1.29, 1.82) is 0 Å². The van der Waals surface area contributed by atoms with E-state index in [0.717, 1.165) is 5.56 Å². The topological polar surface area (TPSA) is 90.1 Å². The maximum atomic E-state index is 12.1. The second-order valence-electron chi connectivity index (χ2n) is 5.13. The lowest BCUT2D eigenvalue weighted by molar-refractivity contribution is -0.386. The number of amides is 1. The maximum Gasteiger partial charge on any atom is 0.312 e. The van der Waals surface area contributed by atoms with Crippen molar-refractivity contribution in [3.63, 3.8) is 0 Å². The summed E-state index contributed by atoms with van der Waals surface area (Å²) < 4.78 is 1.36. The Hall–Kier alpha value is -2.70. The van der Waals surface area contributed by atoms with Gasteiger partial charge < -0.3 is 5.32 Å². The molecule has 1 heterocycles. The number of rotatable bonds is 5. The fourth-order valence-electron chi connectivity index (χ4n) is 2.35. The van der Waals surface area contributed by atoms with Crippen molar-refractivity contribution in [2.24, 2.45) is 0 Å². The van der Waals surface area contributed by atoms with Gasteiger partial charge in [-0.3, -0.25) is 19.6 Å². The second-order valence-corrected chi connectivity index (χ2v) is 5.13. The number of carbonyl (C=O) groups excluding carboxylic acids is 1. The van der Waals surface area contributed by atoms with Crippen LogP contribution in [-0.2, 0) is 11.3 Å². The largest absolute Gasteiger partial charge is 0.348 e. The number of nitrogens with one attached hydrogen (secondary N) is 1. The molecule has 0 radical (unpaired) electrons. The lowest BCUT2D eigenvalue weighted by atomic mass is 10.1. The molecule has 0 saturated carbocycles. The molecule has 0 saturated heterocycles. The van der Waals surface area contributed by atoms with Crippen molar-refractivity contribution < 1.29 is 9.72 Å². The lowest BCUT2D eigenvalue weighted by Crippen LogP contribution is -2.30. The van der Waals surface area contributed by atoms with Gasteiger partial charge in [0.1, 0.15) is 17.9 Å². The summed E-state index contributed by atoms with van der Waals surface area (Å²) in [4.78, 5) is 22.6. The molecule has 7 heteroatoms. The predicted octanol–water partition coefficient (Wildman–Crippen LogP) is 2.29. The summed E-state index contributed by atoms with van der Waals surface area (Å²) in [6, 6.07) is 9.44. The van der Waals surface area contributed by atoms with E-state index in [9.17, 15) is 14.9 Å². The maximum absolute atomic E-state index is 12.1. The van der Waals surface area contributed by atoms with Crippen LogP contribution in [-0.4, -0.2) is 20.6 Å². The van der Waals surface area contributed by atoms with Crippen LogP contribution in [0.4, 0.5) is 5.69 Å². The van der Waals surface area contributed by atoms with Crippen LogP contribution >= 0.6 is 0 Å². The highest BCUT2D eigenvalue weighted by Crippen LogP contribution is 2.21.